The first-order chi connectivity index (χ1) is 34.2. The zero-order chi connectivity index (χ0) is 49.8. The average Bonchev–Trinajstić information content (AvgIpc) is 3.69. The van der Waals surface area contributed by atoms with Gasteiger partial charge in [-0.15, -0.1) is 0 Å². The summed E-state index contributed by atoms with van der Waals surface area (Å²) in [5.74, 6) is 0.111. The highest BCUT2D eigenvalue weighted by molar-refractivity contribution is 7.70. The Labute approximate surface area is 418 Å². The van der Waals surface area contributed by atoms with E-state index in [1.807, 2.05) is 36.4 Å². The molecule has 5 aliphatic rings. The van der Waals surface area contributed by atoms with Crippen molar-refractivity contribution in [1.29, 1.82) is 0 Å². The summed E-state index contributed by atoms with van der Waals surface area (Å²) in [5.41, 5.74) is 4.11. The molecule has 4 fully saturated rings. The van der Waals surface area contributed by atoms with Gasteiger partial charge in [-0.2, -0.15) is 4.98 Å². The maximum absolute atomic E-state index is 13.2. The molecule has 0 aliphatic carbocycles. The van der Waals surface area contributed by atoms with Crippen LogP contribution in [0.2, 0.25) is 5.02 Å². The van der Waals surface area contributed by atoms with E-state index in [2.05, 4.69) is 62.2 Å². The molecule has 376 valence electrons. The number of halogens is 1. The Morgan fingerprint density at radius 1 is 0.817 bits per heavy atom. The number of likely N-dealkylation sites (tertiary alicyclic amines) is 1. The summed E-state index contributed by atoms with van der Waals surface area (Å²) < 4.78 is 18.8. The number of methoxy groups -OCH3 is 1. The van der Waals surface area contributed by atoms with Crippen LogP contribution in [0, 0.1) is 0 Å². The highest BCUT2D eigenvalue weighted by atomic mass is 35.5. The number of fused-ring (bicyclic) bond motifs is 1. The lowest BCUT2D eigenvalue weighted by atomic mass is 10.0. The third-order valence-electron chi connectivity index (χ3n) is 14.2. The van der Waals surface area contributed by atoms with Gasteiger partial charge in [-0.1, -0.05) is 29.8 Å². The number of hydrogen-bond donors (Lipinski definition) is 5. The Morgan fingerprint density at radius 3 is 2.27 bits per heavy atom. The number of benzene rings is 3. The number of ether oxygens (including phenoxy) is 1. The van der Waals surface area contributed by atoms with Crippen LogP contribution < -0.4 is 41.5 Å². The highest BCUT2D eigenvalue weighted by Gasteiger charge is 2.40. The maximum Gasteiger partial charge on any atom is 0.255 e. The number of piperidine rings is 3. The van der Waals surface area contributed by atoms with Gasteiger partial charge in [0.1, 0.15) is 24.0 Å². The topological polar surface area (TPSA) is 214 Å². The summed E-state index contributed by atoms with van der Waals surface area (Å²) in [4.78, 5) is 83.6. The van der Waals surface area contributed by atoms with Crippen molar-refractivity contribution in [1.82, 2.24) is 40.2 Å². The Morgan fingerprint density at radius 2 is 1.54 bits per heavy atom. The normalized spacial score (nSPS) is 19.8. The largest absolute Gasteiger partial charge is 0.494 e. The highest BCUT2D eigenvalue weighted by Crippen LogP contribution is 2.39. The van der Waals surface area contributed by atoms with Crippen molar-refractivity contribution >= 4 is 88.1 Å². The molecule has 3 aromatic carbocycles. The van der Waals surface area contributed by atoms with Crippen molar-refractivity contribution in [2.75, 3.05) is 107 Å². The molecule has 0 spiro atoms. The third kappa shape index (κ3) is 11.8. The number of rotatable bonds is 15. The maximum atomic E-state index is 13.2. The lowest BCUT2D eigenvalue weighted by Crippen LogP contribution is -2.55. The lowest BCUT2D eigenvalue weighted by molar-refractivity contribution is -0.137. The van der Waals surface area contributed by atoms with Crippen LogP contribution in [0.4, 0.5) is 34.5 Å². The molecule has 1 atom stereocenters. The second kappa shape index (κ2) is 21.7. The Kier molecular flexibility index (Phi) is 15.2. The van der Waals surface area contributed by atoms with Crippen LogP contribution in [0.1, 0.15) is 54.4 Å². The van der Waals surface area contributed by atoms with E-state index in [1.165, 1.54) is 11.1 Å². The first-order valence-electron chi connectivity index (χ1n) is 24.4. The lowest BCUT2D eigenvalue weighted by Gasteiger charge is -2.43. The second-order valence-corrected chi connectivity index (χ2v) is 22.9. The fourth-order valence-electron chi connectivity index (χ4n) is 10.4. The van der Waals surface area contributed by atoms with Crippen LogP contribution in [-0.2, 0) is 30.3 Å². The molecule has 21 heteroatoms. The molecule has 1 unspecified atom stereocenters. The predicted octanol–water partition coefficient (Wildman–Crippen LogP) is 4.44. The fraction of sp³-hybridized carbons (Fsp3) is 0.460. The molecule has 5 aliphatic heterocycles. The average molecular weight is 1010 g/mol. The van der Waals surface area contributed by atoms with Gasteiger partial charge in [0.05, 0.1) is 37.8 Å². The van der Waals surface area contributed by atoms with Gasteiger partial charge in [0.2, 0.25) is 29.6 Å². The first kappa shape index (κ1) is 49.9. The number of nitrogens with one attached hydrogen (secondary N) is 5. The summed E-state index contributed by atoms with van der Waals surface area (Å²) in [6.45, 7) is 10.9. The van der Waals surface area contributed by atoms with Gasteiger partial charge in [0, 0.05) is 111 Å². The number of anilines is 6. The van der Waals surface area contributed by atoms with E-state index in [0.29, 0.717) is 81.7 Å². The molecule has 6 heterocycles. The number of nitrogens with zero attached hydrogens (tertiary/aromatic N) is 7. The van der Waals surface area contributed by atoms with Gasteiger partial charge < -0.3 is 40.4 Å². The third-order valence-corrected chi connectivity index (χ3v) is 16.0. The molecule has 19 nitrogen and oxygen atoms in total. The molecule has 4 aromatic rings. The number of aromatic nitrogens is 2. The van der Waals surface area contributed by atoms with Gasteiger partial charge in [-0.3, -0.25) is 44.0 Å². The molecular weight excluding hydrogens is 947 g/mol. The number of piperazine rings is 1. The molecule has 5 N–H and O–H groups in total. The van der Waals surface area contributed by atoms with Crippen molar-refractivity contribution in [3.63, 3.8) is 0 Å². The molecule has 1 aromatic heterocycles. The smallest absolute Gasteiger partial charge is 0.255 e. The van der Waals surface area contributed by atoms with Crippen LogP contribution in [0.5, 0.6) is 5.75 Å². The minimum atomic E-state index is -2.56. The summed E-state index contributed by atoms with van der Waals surface area (Å²) in [6, 6.07) is 18.5. The molecule has 4 saturated heterocycles. The van der Waals surface area contributed by atoms with Gasteiger partial charge in [-0.05, 0) is 81.8 Å². The van der Waals surface area contributed by atoms with Crippen molar-refractivity contribution in [2.24, 2.45) is 0 Å². The molecule has 0 bridgehead atoms. The van der Waals surface area contributed by atoms with Crippen LogP contribution in [0.3, 0.4) is 0 Å². The number of imide groups is 1. The molecule has 71 heavy (non-hydrogen) atoms. The summed E-state index contributed by atoms with van der Waals surface area (Å²) in [7, 11) is -0.922. The molecule has 5 amide bonds. The van der Waals surface area contributed by atoms with E-state index in [0.717, 1.165) is 70.6 Å². The number of carbonyl (C=O) groups is 5. The van der Waals surface area contributed by atoms with Gasteiger partial charge in [-0.25, -0.2) is 4.98 Å². The van der Waals surface area contributed by atoms with Crippen molar-refractivity contribution in [3.05, 3.63) is 83.0 Å². The quantitative estimate of drug-likeness (QED) is 0.0823. The Bertz CT molecular complexity index is 2720. The molecule has 0 saturated carbocycles. The number of carbonyl (C=O) groups excluding carboxylic acids is 5. The monoisotopic (exact) mass is 1010 g/mol. The van der Waals surface area contributed by atoms with E-state index in [9.17, 15) is 28.5 Å². The number of para-hydroxylation sites is 1. The minimum Gasteiger partial charge on any atom is -0.494 e. The minimum absolute atomic E-state index is 0.0319. The van der Waals surface area contributed by atoms with E-state index >= 15 is 0 Å². The van der Waals surface area contributed by atoms with Crippen LogP contribution in [0.15, 0.2) is 66.9 Å². The first-order valence-corrected chi connectivity index (χ1v) is 27.4. The van der Waals surface area contributed by atoms with E-state index in [1.54, 1.807) is 38.6 Å². The van der Waals surface area contributed by atoms with E-state index in [4.69, 9.17) is 16.3 Å². The van der Waals surface area contributed by atoms with Crippen molar-refractivity contribution in [3.8, 4) is 5.75 Å². The fourth-order valence-corrected chi connectivity index (χ4v) is 11.7. The van der Waals surface area contributed by atoms with Gasteiger partial charge in [0.25, 0.3) is 5.91 Å². The standard InChI is InChI=1S/C50H62ClN12O7P/c1-70-42-27-34(11-12-39(42)56-50-52-28-37(51)47(58-50)55-40-8-4-5-10-43(40)71(2,3)69)61-21-17-33(18-22-61)62-25-23-60(24-26-62)30-45(65)53-32-15-19-59(20-16-32)31-46(66)54-38-9-6-7-35-36(38)29-63(49(35)68)41-13-14-44(64)57-48(41)67/h4-12,27-28,32-33,41H,13-26,29-31H2,1-3H3,(H,53,65)(H,54,66)(H,57,64,67)(H2,52,55,56,58). The second-order valence-electron chi connectivity index (χ2n) is 19.3. The molecular formula is C50H62ClN12O7P. The summed E-state index contributed by atoms with van der Waals surface area (Å²) in [6.07, 6.45) is 5.52. The summed E-state index contributed by atoms with van der Waals surface area (Å²) >= 11 is 6.49. The summed E-state index contributed by atoms with van der Waals surface area (Å²) in [5, 5.41) is 16.1. The van der Waals surface area contributed by atoms with Crippen molar-refractivity contribution in [2.45, 2.75) is 63.2 Å². The molecule has 0 radical (unpaired) electrons. The Hall–Kier alpha value is -6.11. The number of hydrogen-bond acceptors (Lipinski definition) is 15. The molecule has 9 rings (SSSR count). The van der Waals surface area contributed by atoms with E-state index < -0.39 is 19.1 Å². The van der Waals surface area contributed by atoms with Crippen LogP contribution >= 0.6 is 18.7 Å². The zero-order valence-electron chi connectivity index (χ0n) is 40.4. The van der Waals surface area contributed by atoms with Crippen LogP contribution in [0.25, 0.3) is 0 Å². The van der Waals surface area contributed by atoms with E-state index in [-0.39, 0.29) is 55.6 Å². The van der Waals surface area contributed by atoms with Crippen molar-refractivity contribution < 1.29 is 33.3 Å². The SMILES string of the molecule is COc1cc(N2CCC(N3CCN(CC(=O)NC4CCN(CC(=O)Nc5cccc6c5CN(C5CCC(=O)NC5=O)C6=O)CC4)CC3)CC2)ccc1Nc1ncc(Cl)c(Nc2ccccc2P(C)(C)=O)n1. The number of amides is 5. The van der Waals surface area contributed by atoms with Crippen LogP contribution in [-0.4, -0.2) is 163 Å². The predicted molar refractivity (Wildman–Crippen MR) is 274 cm³/mol. The van der Waals surface area contributed by atoms with Gasteiger partial charge in [0.15, 0.2) is 5.82 Å². The van der Waals surface area contributed by atoms with Gasteiger partial charge >= 0.3 is 0 Å². The Balaban J connectivity index is 0.678. The zero-order valence-corrected chi connectivity index (χ0v) is 42.1.